The molecule has 1 N–H and O–H groups in total. The van der Waals surface area contributed by atoms with Crippen molar-refractivity contribution in [3.63, 3.8) is 0 Å². The fourth-order valence-corrected chi connectivity index (χ4v) is 3.13. The summed E-state index contributed by atoms with van der Waals surface area (Å²) in [5.41, 5.74) is -0.513. The second kappa shape index (κ2) is 5.60. The molecule has 2 saturated heterocycles. The molecule has 0 aromatic heterocycles. The normalized spacial score (nSPS) is 24.9. The van der Waals surface area contributed by atoms with E-state index >= 15 is 0 Å². The Morgan fingerprint density at radius 1 is 1.40 bits per heavy atom. The minimum absolute atomic E-state index is 0.0672. The number of hydrogen-bond donors (Lipinski definition) is 1. The lowest BCUT2D eigenvalue weighted by Gasteiger charge is -2.49. The number of carboxylic acids is 1. The summed E-state index contributed by atoms with van der Waals surface area (Å²) in [4.78, 5) is 26.7. The summed E-state index contributed by atoms with van der Waals surface area (Å²) in [6.45, 7) is 7.60. The first-order valence-corrected chi connectivity index (χ1v) is 7.24. The summed E-state index contributed by atoms with van der Waals surface area (Å²) >= 11 is 0. The topological polar surface area (TPSA) is 70.1 Å². The van der Waals surface area contributed by atoms with E-state index in [0.717, 1.165) is 19.4 Å². The SMILES string of the molecule is CC(C)C1CCCN1C(=O)N1CC(C)(OCC(=O)O)C1. The number of hydrogen-bond acceptors (Lipinski definition) is 3. The van der Waals surface area contributed by atoms with Crippen molar-refractivity contribution in [2.75, 3.05) is 26.2 Å². The van der Waals surface area contributed by atoms with Crippen LogP contribution in [-0.4, -0.2) is 64.8 Å². The molecule has 0 radical (unpaired) electrons. The van der Waals surface area contributed by atoms with Crippen LogP contribution in [0.2, 0.25) is 0 Å². The zero-order valence-corrected chi connectivity index (χ0v) is 12.5. The third-order valence-corrected chi connectivity index (χ3v) is 4.18. The first kappa shape index (κ1) is 15.1. The largest absolute Gasteiger partial charge is 0.480 e. The lowest BCUT2D eigenvalue weighted by atomic mass is 9.96. The number of rotatable bonds is 4. The third kappa shape index (κ3) is 3.06. The lowest BCUT2D eigenvalue weighted by molar-refractivity contribution is -0.160. The first-order chi connectivity index (χ1) is 9.32. The third-order valence-electron chi connectivity index (χ3n) is 4.18. The van der Waals surface area contributed by atoms with Crippen LogP contribution >= 0.6 is 0 Å². The minimum atomic E-state index is -0.976. The van der Waals surface area contributed by atoms with E-state index < -0.39 is 11.6 Å². The standard InChI is InChI=1S/C14H24N2O4/c1-10(2)11-5-4-6-16(11)13(19)15-8-14(3,9-15)20-7-12(17)18/h10-11H,4-9H2,1-3H3,(H,17,18). The van der Waals surface area contributed by atoms with E-state index in [4.69, 9.17) is 9.84 Å². The number of aliphatic carboxylic acids is 1. The van der Waals surface area contributed by atoms with Crippen LogP contribution in [0.15, 0.2) is 0 Å². The molecule has 2 aliphatic rings. The summed E-state index contributed by atoms with van der Waals surface area (Å²) in [7, 11) is 0. The number of carboxylic acid groups (broad SMARTS) is 1. The van der Waals surface area contributed by atoms with Crippen LogP contribution in [0.1, 0.15) is 33.6 Å². The molecule has 1 unspecified atom stereocenters. The Hall–Kier alpha value is -1.30. The second-order valence-corrected chi connectivity index (χ2v) is 6.42. The molecule has 0 aromatic rings. The van der Waals surface area contributed by atoms with Gasteiger partial charge in [0.1, 0.15) is 12.2 Å². The van der Waals surface area contributed by atoms with Crippen LogP contribution < -0.4 is 0 Å². The van der Waals surface area contributed by atoms with Crippen LogP contribution in [0.25, 0.3) is 0 Å². The molecule has 0 saturated carbocycles. The van der Waals surface area contributed by atoms with Crippen molar-refractivity contribution in [1.82, 2.24) is 9.80 Å². The van der Waals surface area contributed by atoms with Crippen molar-refractivity contribution in [3.05, 3.63) is 0 Å². The van der Waals surface area contributed by atoms with E-state index in [2.05, 4.69) is 13.8 Å². The van der Waals surface area contributed by atoms with Crippen molar-refractivity contribution < 1.29 is 19.4 Å². The van der Waals surface area contributed by atoms with Crippen molar-refractivity contribution in [3.8, 4) is 0 Å². The van der Waals surface area contributed by atoms with Crippen molar-refractivity contribution in [2.24, 2.45) is 5.92 Å². The van der Waals surface area contributed by atoms with Crippen LogP contribution in [0.4, 0.5) is 4.79 Å². The highest BCUT2D eigenvalue weighted by molar-refractivity contribution is 5.76. The number of carbonyl (C=O) groups is 2. The maximum Gasteiger partial charge on any atom is 0.329 e. The average Bonchev–Trinajstić information content (AvgIpc) is 2.81. The van der Waals surface area contributed by atoms with Gasteiger partial charge in [-0.2, -0.15) is 0 Å². The van der Waals surface area contributed by atoms with Gasteiger partial charge in [0.25, 0.3) is 0 Å². The minimum Gasteiger partial charge on any atom is -0.480 e. The van der Waals surface area contributed by atoms with Crippen LogP contribution in [0.3, 0.4) is 0 Å². The maximum atomic E-state index is 12.4. The highest BCUT2D eigenvalue weighted by atomic mass is 16.5. The Kier molecular flexibility index (Phi) is 4.22. The average molecular weight is 284 g/mol. The number of urea groups is 1. The maximum absolute atomic E-state index is 12.4. The predicted molar refractivity (Wildman–Crippen MR) is 73.5 cm³/mol. The molecule has 2 fully saturated rings. The molecular weight excluding hydrogens is 260 g/mol. The lowest BCUT2D eigenvalue weighted by Crippen LogP contribution is -2.66. The van der Waals surface area contributed by atoms with E-state index in [1.165, 1.54) is 0 Å². The summed E-state index contributed by atoms with van der Waals surface area (Å²) in [6.07, 6.45) is 2.14. The van der Waals surface area contributed by atoms with Gasteiger partial charge in [0.15, 0.2) is 0 Å². The molecule has 20 heavy (non-hydrogen) atoms. The van der Waals surface area contributed by atoms with Gasteiger partial charge in [-0.1, -0.05) is 13.8 Å². The van der Waals surface area contributed by atoms with Gasteiger partial charge in [-0.05, 0) is 25.7 Å². The van der Waals surface area contributed by atoms with Crippen molar-refractivity contribution >= 4 is 12.0 Å². The molecule has 0 bridgehead atoms. The number of amides is 2. The molecule has 2 amide bonds. The number of carbonyl (C=O) groups excluding carboxylic acids is 1. The summed E-state index contributed by atoms with van der Waals surface area (Å²) < 4.78 is 5.33. The van der Waals surface area contributed by atoms with Gasteiger partial charge in [-0.15, -0.1) is 0 Å². The Morgan fingerprint density at radius 3 is 2.60 bits per heavy atom. The second-order valence-electron chi connectivity index (χ2n) is 6.42. The molecule has 6 nitrogen and oxygen atoms in total. The molecule has 0 aromatic carbocycles. The molecule has 114 valence electrons. The quantitative estimate of drug-likeness (QED) is 0.847. The monoisotopic (exact) mass is 284 g/mol. The van der Waals surface area contributed by atoms with E-state index in [1.54, 1.807) is 4.90 Å². The van der Waals surface area contributed by atoms with Gasteiger partial charge < -0.3 is 19.6 Å². The van der Waals surface area contributed by atoms with E-state index in [1.807, 2.05) is 11.8 Å². The van der Waals surface area contributed by atoms with Crippen LogP contribution in [0, 0.1) is 5.92 Å². The van der Waals surface area contributed by atoms with Gasteiger partial charge >= 0.3 is 12.0 Å². The first-order valence-electron chi connectivity index (χ1n) is 7.24. The zero-order valence-electron chi connectivity index (χ0n) is 12.5. The molecule has 0 aliphatic carbocycles. The van der Waals surface area contributed by atoms with E-state index in [-0.39, 0.29) is 12.6 Å². The van der Waals surface area contributed by atoms with Crippen molar-refractivity contribution in [1.29, 1.82) is 0 Å². The van der Waals surface area contributed by atoms with Gasteiger partial charge in [-0.25, -0.2) is 9.59 Å². The Morgan fingerprint density at radius 2 is 2.05 bits per heavy atom. The number of ether oxygens (including phenoxy) is 1. The van der Waals surface area contributed by atoms with Gasteiger partial charge in [0.05, 0.1) is 13.1 Å². The van der Waals surface area contributed by atoms with Crippen LogP contribution in [0.5, 0.6) is 0 Å². The van der Waals surface area contributed by atoms with Crippen LogP contribution in [-0.2, 0) is 9.53 Å². The van der Waals surface area contributed by atoms with E-state index in [0.29, 0.717) is 25.0 Å². The fraction of sp³-hybridized carbons (Fsp3) is 0.857. The molecular formula is C14H24N2O4. The summed E-state index contributed by atoms with van der Waals surface area (Å²) in [5.74, 6) is -0.507. The fourth-order valence-electron chi connectivity index (χ4n) is 3.13. The Balaban J connectivity index is 1.85. The highest BCUT2D eigenvalue weighted by Crippen LogP contribution is 2.30. The van der Waals surface area contributed by atoms with Crippen molar-refractivity contribution in [2.45, 2.75) is 45.3 Å². The highest BCUT2D eigenvalue weighted by Gasteiger charge is 2.45. The number of likely N-dealkylation sites (tertiary alicyclic amines) is 2. The molecule has 6 heteroatoms. The Bertz CT molecular complexity index is 391. The molecule has 2 rings (SSSR count). The molecule has 2 aliphatic heterocycles. The van der Waals surface area contributed by atoms with Gasteiger partial charge in [0.2, 0.25) is 0 Å². The summed E-state index contributed by atoms with van der Waals surface area (Å²) in [5, 5.41) is 8.63. The summed E-state index contributed by atoms with van der Waals surface area (Å²) in [6, 6.07) is 0.395. The Labute approximate surface area is 119 Å². The molecule has 2 heterocycles. The van der Waals surface area contributed by atoms with E-state index in [9.17, 15) is 9.59 Å². The molecule has 1 atom stereocenters. The van der Waals surface area contributed by atoms with Gasteiger partial charge in [-0.3, -0.25) is 0 Å². The zero-order chi connectivity index (χ0) is 14.9. The number of nitrogens with zero attached hydrogens (tertiary/aromatic N) is 2. The predicted octanol–water partition coefficient (Wildman–Crippen LogP) is 1.40. The molecule has 0 spiro atoms. The smallest absolute Gasteiger partial charge is 0.329 e. The van der Waals surface area contributed by atoms with Gasteiger partial charge in [0, 0.05) is 12.6 Å².